The summed E-state index contributed by atoms with van der Waals surface area (Å²) < 4.78 is 5.18. The Morgan fingerprint density at radius 3 is 2.70 bits per heavy atom. The minimum atomic E-state index is -0.541. The van der Waals surface area contributed by atoms with Gasteiger partial charge in [0.25, 0.3) is 0 Å². The van der Waals surface area contributed by atoms with Crippen molar-refractivity contribution in [3.63, 3.8) is 0 Å². The molecular formula is C15H17N3O2. The van der Waals surface area contributed by atoms with Crippen molar-refractivity contribution in [1.29, 1.82) is 0 Å². The van der Waals surface area contributed by atoms with Gasteiger partial charge in [-0.25, -0.2) is 4.98 Å². The highest BCUT2D eigenvalue weighted by molar-refractivity contribution is 5.81. The molecule has 1 atom stereocenters. The number of amides is 1. The molecule has 0 radical (unpaired) electrons. The van der Waals surface area contributed by atoms with E-state index in [9.17, 15) is 4.79 Å². The van der Waals surface area contributed by atoms with Crippen LogP contribution in [0.4, 0.5) is 0 Å². The van der Waals surface area contributed by atoms with Crippen molar-refractivity contribution >= 4 is 5.91 Å². The van der Waals surface area contributed by atoms with Gasteiger partial charge in [0.1, 0.15) is 6.04 Å². The normalized spacial score (nSPS) is 11.8. The third-order valence-electron chi connectivity index (χ3n) is 2.96. The van der Waals surface area contributed by atoms with Crippen molar-refractivity contribution in [2.45, 2.75) is 12.6 Å². The Morgan fingerprint density at radius 2 is 2.05 bits per heavy atom. The van der Waals surface area contributed by atoms with E-state index in [1.807, 2.05) is 42.5 Å². The molecule has 0 aliphatic carbocycles. The summed E-state index contributed by atoms with van der Waals surface area (Å²) in [7, 11) is 1.56. The number of hydrogen-bond acceptors (Lipinski definition) is 4. The van der Waals surface area contributed by atoms with Crippen molar-refractivity contribution in [3.8, 4) is 5.88 Å². The Kier molecular flexibility index (Phi) is 4.68. The molecule has 1 amide bonds. The van der Waals surface area contributed by atoms with E-state index in [-0.39, 0.29) is 0 Å². The summed E-state index contributed by atoms with van der Waals surface area (Å²) in [6.45, 7) is 0.444. The van der Waals surface area contributed by atoms with E-state index < -0.39 is 11.9 Å². The molecule has 0 fully saturated rings. The number of nitrogens with zero attached hydrogens (tertiary/aromatic N) is 1. The van der Waals surface area contributed by atoms with E-state index in [1.54, 1.807) is 13.3 Å². The lowest BCUT2D eigenvalue weighted by molar-refractivity contribution is -0.120. The summed E-state index contributed by atoms with van der Waals surface area (Å²) in [6, 6.07) is 12.5. The van der Waals surface area contributed by atoms with Crippen LogP contribution in [0.5, 0.6) is 5.88 Å². The Bertz CT molecular complexity index is 572. The van der Waals surface area contributed by atoms with Gasteiger partial charge in [-0.05, 0) is 11.6 Å². The number of carbonyl (C=O) groups excluding carboxylic acids is 1. The van der Waals surface area contributed by atoms with Gasteiger partial charge in [-0.2, -0.15) is 0 Å². The number of benzene rings is 1. The first-order chi connectivity index (χ1) is 9.72. The van der Waals surface area contributed by atoms with E-state index in [4.69, 9.17) is 10.5 Å². The Morgan fingerprint density at radius 1 is 1.30 bits per heavy atom. The van der Waals surface area contributed by atoms with E-state index in [0.717, 1.165) is 11.1 Å². The predicted octanol–water partition coefficient (Wildman–Crippen LogP) is 1.41. The fourth-order valence-corrected chi connectivity index (χ4v) is 1.98. The van der Waals surface area contributed by atoms with Crippen LogP contribution in [0.3, 0.4) is 0 Å². The van der Waals surface area contributed by atoms with E-state index >= 15 is 0 Å². The molecule has 2 aromatic rings. The van der Waals surface area contributed by atoms with Crippen LogP contribution >= 0.6 is 0 Å². The topological polar surface area (TPSA) is 77.2 Å². The zero-order valence-corrected chi connectivity index (χ0v) is 11.2. The lowest BCUT2D eigenvalue weighted by Gasteiger charge is -2.16. The number of pyridine rings is 1. The predicted molar refractivity (Wildman–Crippen MR) is 76.0 cm³/mol. The van der Waals surface area contributed by atoms with Gasteiger partial charge in [-0.15, -0.1) is 0 Å². The molecule has 0 saturated carbocycles. The zero-order chi connectivity index (χ0) is 14.4. The third-order valence-corrected chi connectivity index (χ3v) is 2.96. The SMILES string of the molecule is COc1ncccc1CN[C@@H](C(N)=O)c1ccccc1. The van der Waals surface area contributed by atoms with Crippen LogP contribution in [0.2, 0.25) is 0 Å². The minimum absolute atomic E-state index is 0.418. The number of nitrogens with one attached hydrogen (secondary N) is 1. The van der Waals surface area contributed by atoms with Gasteiger partial charge in [0.15, 0.2) is 0 Å². The summed E-state index contributed by atoms with van der Waals surface area (Å²) in [4.78, 5) is 15.7. The standard InChI is InChI=1S/C15H17N3O2/c1-20-15-12(8-5-9-17-15)10-18-13(14(16)19)11-6-3-2-4-7-11/h2-9,13,18H,10H2,1H3,(H2,16,19)/t13-/m1/s1. The van der Waals surface area contributed by atoms with Crippen molar-refractivity contribution < 1.29 is 9.53 Å². The highest BCUT2D eigenvalue weighted by atomic mass is 16.5. The van der Waals surface area contributed by atoms with Gasteiger partial charge in [-0.1, -0.05) is 36.4 Å². The average molecular weight is 271 g/mol. The second-order valence-electron chi connectivity index (χ2n) is 4.30. The molecule has 5 nitrogen and oxygen atoms in total. The van der Waals surface area contributed by atoms with E-state index in [0.29, 0.717) is 12.4 Å². The highest BCUT2D eigenvalue weighted by Crippen LogP contribution is 2.17. The van der Waals surface area contributed by atoms with E-state index in [1.165, 1.54) is 0 Å². The van der Waals surface area contributed by atoms with Crippen molar-refractivity contribution in [3.05, 3.63) is 59.8 Å². The van der Waals surface area contributed by atoms with Gasteiger partial charge >= 0.3 is 0 Å². The minimum Gasteiger partial charge on any atom is -0.481 e. The first-order valence-corrected chi connectivity index (χ1v) is 6.28. The number of hydrogen-bond donors (Lipinski definition) is 2. The summed E-state index contributed by atoms with van der Waals surface area (Å²) in [5.74, 6) is 0.121. The first kappa shape index (κ1) is 14.0. The lowest BCUT2D eigenvalue weighted by Crippen LogP contribution is -2.33. The monoisotopic (exact) mass is 271 g/mol. The second-order valence-corrected chi connectivity index (χ2v) is 4.30. The smallest absolute Gasteiger partial charge is 0.239 e. The maximum atomic E-state index is 11.6. The lowest BCUT2D eigenvalue weighted by atomic mass is 10.1. The second kappa shape index (κ2) is 6.68. The number of rotatable bonds is 6. The molecule has 0 saturated heterocycles. The molecule has 0 bridgehead atoms. The number of carbonyl (C=O) groups is 1. The van der Waals surface area contributed by atoms with Crippen molar-refractivity contribution in [1.82, 2.24) is 10.3 Å². The summed E-state index contributed by atoms with van der Waals surface area (Å²) in [5, 5.41) is 3.13. The van der Waals surface area contributed by atoms with E-state index in [2.05, 4.69) is 10.3 Å². The van der Waals surface area contributed by atoms with Gasteiger partial charge in [-0.3, -0.25) is 10.1 Å². The van der Waals surface area contributed by atoms with Crippen LogP contribution in [0, 0.1) is 0 Å². The van der Waals surface area contributed by atoms with Crippen LogP contribution in [0.15, 0.2) is 48.7 Å². The van der Waals surface area contributed by atoms with Gasteiger partial charge in [0.05, 0.1) is 7.11 Å². The molecule has 0 spiro atoms. The molecule has 1 heterocycles. The number of aromatic nitrogens is 1. The van der Waals surface area contributed by atoms with Crippen LogP contribution in [-0.4, -0.2) is 18.0 Å². The molecule has 104 valence electrons. The highest BCUT2D eigenvalue weighted by Gasteiger charge is 2.17. The van der Waals surface area contributed by atoms with Crippen LogP contribution in [-0.2, 0) is 11.3 Å². The fraction of sp³-hybridized carbons (Fsp3) is 0.200. The zero-order valence-electron chi connectivity index (χ0n) is 11.2. The Labute approximate surface area is 117 Å². The molecule has 20 heavy (non-hydrogen) atoms. The van der Waals surface area contributed by atoms with Crippen LogP contribution in [0.25, 0.3) is 0 Å². The maximum absolute atomic E-state index is 11.6. The molecule has 1 aromatic carbocycles. The van der Waals surface area contributed by atoms with Gasteiger partial charge < -0.3 is 10.5 Å². The van der Waals surface area contributed by atoms with Gasteiger partial charge in [0.2, 0.25) is 11.8 Å². The maximum Gasteiger partial charge on any atom is 0.239 e. The Hall–Kier alpha value is -2.40. The largest absolute Gasteiger partial charge is 0.481 e. The number of methoxy groups -OCH3 is 1. The average Bonchev–Trinajstić information content (AvgIpc) is 2.48. The van der Waals surface area contributed by atoms with Crippen molar-refractivity contribution in [2.75, 3.05) is 7.11 Å². The summed E-state index contributed by atoms with van der Waals surface area (Å²) in [5.41, 5.74) is 7.16. The molecule has 1 aromatic heterocycles. The molecule has 2 rings (SSSR count). The molecule has 0 unspecified atom stereocenters. The van der Waals surface area contributed by atoms with Crippen LogP contribution < -0.4 is 15.8 Å². The molecular weight excluding hydrogens is 254 g/mol. The summed E-state index contributed by atoms with van der Waals surface area (Å²) >= 11 is 0. The third kappa shape index (κ3) is 3.33. The molecule has 0 aliphatic heterocycles. The van der Waals surface area contributed by atoms with Crippen molar-refractivity contribution in [2.24, 2.45) is 5.73 Å². The molecule has 5 heteroatoms. The van der Waals surface area contributed by atoms with Gasteiger partial charge in [0, 0.05) is 18.3 Å². The molecule has 3 N–H and O–H groups in total. The Balaban J connectivity index is 2.12. The quantitative estimate of drug-likeness (QED) is 0.832. The summed E-state index contributed by atoms with van der Waals surface area (Å²) in [6.07, 6.45) is 1.66. The number of ether oxygens (including phenoxy) is 1. The fourth-order valence-electron chi connectivity index (χ4n) is 1.98. The first-order valence-electron chi connectivity index (χ1n) is 6.28. The molecule has 0 aliphatic rings. The number of primary amides is 1. The van der Waals surface area contributed by atoms with Crippen LogP contribution in [0.1, 0.15) is 17.2 Å². The number of nitrogens with two attached hydrogens (primary N) is 1.